The van der Waals surface area contributed by atoms with Crippen molar-refractivity contribution < 1.29 is 0 Å². The van der Waals surface area contributed by atoms with Gasteiger partial charge in [0.1, 0.15) is 6.33 Å². The first-order valence-electron chi connectivity index (χ1n) is 7.16. The molecule has 4 heteroatoms. The number of aromatic nitrogens is 3. The summed E-state index contributed by atoms with van der Waals surface area (Å²) in [7, 11) is 0. The van der Waals surface area contributed by atoms with Gasteiger partial charge < -0.3 is 4.57 Å². The van der Waals surface area contributed by atoms with Crippen LogP contribution >= 0.6 is 11.8 Å². The Morgan fingerprint density at radius 3 is 2.50 bits per heavy atom. The summed E-state index contributed by atoms with van der Waals surface area (Å²) in [5.41, 5.74) is 2.94. The third kappa shape index (κ3) is 3.06. The predicted octanol–water partition coefficient (Wildman–Crippen LogP) is 4.20. The zero-order chi connectivity index (χ0) is 14.2. The van der Waals surface area contributed by atoms with E-state index in [1.165, 1.54) is 24.0 Å². The SMILES string of the molecule is CC(C)(C)c1ccc(CSc2nncn2C2CC2)cc1. The Morgan fingerprint density at radius 1 is 1.20 bits per heavy atom. The Bertz CT molecular complexity index is 577. The monoisotopic (exact) mass is 287 g/mol. The molecule has 0 spiro atoms. The Kier molecular flexibility index (Phi) is 3.59. The average molecular weight is 287 g/mol. The second kappa shape index (κ2) is 5.24. The van der Waals surface area contributed by atoms with Gasteiger partial charge in [0, 0.05) is 11.8 Å². The summed E-state index contributed by atoms with van der Waals surface area (Å²) in [5.74, 6) is 0.954. The van der Waals surface area contributed by atoms with Gasteiger partial charge in [-0.05, 0) is 29.4 Å². The molecule has 1 fully saturated rings. The summed E-state index contributed by atoms with van der Waals surface area (Å²) in [6, 6.07) is 9.58. The van der Waals surface area contributed by atoms with Crippen LogP contribution in [0.2, 0.25) is 0 Å². The highest BCUT2D eigenvalue weighted by atomic mass is 32.2. The molecule has 20 heavy (non-hydrogen) atoms. The lowest BCUT2D eigenvalue weighted by molar-refractivity contribution is 0.590. The molecule has 3 nitrogen and oxygen atoms in total. The lowest BCUT2D eigenvalue weighted by Gasteiger charge is -2.19. The van der Waals surface area contributed by atoms with Crippen LogP contribution in [0.15, 0.2) is 35.7 Å². The maximum absolute atomic E-state index is 4.23. The minimum atomic E-state index is 0.220. The van der Waals surface area contributed by atoms with E-state index in [2.05, 4.69) is 59.8 Å². The van der Waals surface area contributed by atoms with E-state index in [1.54, 1.807) is 11.8 Å². The maximum atomic E-state index is 4.23. The van der Waals surface area contributed by atoms with Crippen molar-refractivity contribution in [3.05, 3.63) is 41.7 Å². The Morgan fingerprint density at radius 2 is 1.90 bits per heavy atom. The molecule has 1 aliphatic carbocycles. The van der Waals surface area contributed by atoms with Crippen molar-refractivity contribution in [2.45, 2.75) is 56.0 Å². The van der Waals surface area contributed by atoms with Crippen LogP contribution < -0.4 is 0 Å². The summed E-state index contributed by atoms with van der Waals surface area (Å²) in [5, 5.41) is 9.31. The van der Waals surface area contributed by atoms with Gasteiger partial charge in [-0.15, -0.1) is 10.2 Å². The van der Waals surface area contributed by atoms with E-state index < -0.39 is 0 Å². The molecule has 3 rings (SSSR count). The van der Waals surface area contributed by atoms with Crippen LogP contribution in [0.1, 0.15) is 50.8 Å². The number of hydrogen-bond donors (Lipinski definition) is 0. The van der Waals surface area contributed by atoms with E-state index in [0.29, 0.717) is 6.04 Å². The molecule has 0 aliphatic heterocycles. The van der Waals surface area contributed by atoms with Gasteiger partial charge in [-0.25, -0.2) is 0 Å². The molecule has 0 atom stereocenters. The molecule has 1 aliphatic rings. The van der Waals surface area contributed by atoms with Crippen molar-refractivity contribution in [3.63, 3.8) is 0 Å². The molecule has 0 radical (unpaired) electrons. The Balaban J connectivity index is 1.65. The highest BCUT2D eigenvalue weighted by Gasteiger charge is 2.26. The van der Waals surface area contributed by atoms with Crippen molar-refractivity contribution in [1.29, 1.82) is 0 Å². The fourth-order valence-electron chi connectivity index (χ4n) is 2.19. The normalized spacial score (nSPS) is 15.6. The zero-order valence-electron chi connectivity index (χ0n) is 12.3. The molecule has 0 bridgehead atoms. The van der Waals surface area contributed by atoms with Crippen LogP contribution in [0, 0.1) is 0 Å². The summed E-state index contributed by atoms with van der Waals surface area (Å²) < 4.78 is 2.22. The number of hydrogen-bond acceptors (Lipinski definition) is 3. The third-order valence-electron chi connectivity index (χ3n) is 3.67. The van der Waals surface area contributed by atoms with Gasteiger partial charge in [-0.3, -0.25) is 0 Å². The van der Waals surface area contributed by atoms with Crippen molar-refractivity contribution in [1.82, 2.24) is 14.8 Å². The molecule has 1 aromatic carbocycles. The van der Waals surface area contributed by atoms with Gasteiger partial charge in [-0.2, -0.15) is 0 Å². The fraction of sp³-hybridized carbons (Fsp3) is 0.500. The molecule has 1 heterocycles. The van der Waals surface area contributed by atoms with E-state index >= 15 is 0 Å². The van der Waals surface area contributed by atoms with Crippen molar-refractivity contribution in [3.8, 4) is 0 Å². The zero-order valence-corrected chi connectivity index (χ0v) is 13.2. The lowest BCUT2D eigenvalue weighted by atomic mass is 9.87. The first-order chi connectivity index (χ1) is 9.54. The van der Waals surface area contributed by atoms with Crippen LogP contribution in [-0.2, 0) is 11.2 Å². The molecule has 0 unspecified atom stereocenters. The second-order valence-electron chi connectivity index (χ2n) is 6.49. The van der Waals surface area contributed by atoms with Gasteiger partial charge >= 0.3 is 0 Å². The summed E-state index contributed by atoms with van der Waals surface area (Å²) in [6.45, 7) is 6.73. The van der Waals surface area contributed by atoms with Gasteiger partial charge in [0.25, 0.3) is 0 Å². The average Bonchev–Trinajstić information content (AvgIpc) is 3.15. The number of benzene rings is 1. The molecule has 2 aromatic rings. The van der Waals surface area contributed by atoms with Crippen LogP contribution in [-0.4, -0.2) is 14.8 Å². The molecule has 0 N–H and O–H groups in total. The maximum Gasteiger partial charge on any atom is 0.191 e. The van der Waals surface area contributed by atoms with Gasteiger partial charge in [0.05, 0.1) is 0 Å². The number of rotatable bonds is 4. The summed E-state index contributed by atoms with van der Waals surface area (Å²) >= 11 is 1.78. The fourth-order valence-corrected chi connectivity index (χ4v) is 3.13. The van der Waals surface area contributed by atoms with E-state index in [-0.39, 0.29) is 5.41 Å². The van der Waals surface area contributed by atoms with Gasteiger partial charge in [-0.1, -0.05) is 56.8 Å². The third-order valence-corrected chi connectivity index (χ3v) is 4.70. The van der Waals surface area contributed by atoms with Gasteiger partial charge in [0.15, 0.2) is 5.16 Å². The molecular weight excluding hydrogens is 266 g/mol. The molecular formula is C16H21N3S. The van der Waals surface area contributed by atoms with Crippen molar-refractivity contribution >= 4 is 11.8 Å². The Labute approximate surface area is 124 Å². The van der Waals surface area contributed by atoms with Crippen LogP contribution in [0.25, 0.3) is 0 Å². The molecule has 1 saturated carbocycles. The highest BCUT2D eigenvalue weighted by Crippen LogP contribution is 2.37. The number of nitrogens with zero attached hydrogens (tertiary/aromatic N) is 3. The Hall–Kier alpha value is -1.29. The van der Waals surface area contributed by atoms with Crippen LogP contribution in [0.4, 0.5) is 0 Å². The quantitative estimate of drug-likeness (QED) is 0.789. The first-order valence-corrected chi connectivity index (χ1v) is 8.14. The van der Waals surface area contributed by atoms with Crippen molar-refractivity contribution in [2.75, 3.05) is 0 Å². The topological polar surface area (TPSA) is 30.7 Å². The largest absolute Gasteiger partial charge is 0.306 e. The smallest absolute Gasteiger partial charge is 0.191 e. The molecule has 106 valence electrons. The molecule has 0 amide bonds. The van der Waals surface area contributed by atoms with E-state index in [0.717, 1.165) is 10.9 Å². The van der Waals surface area contributed by atoms with Crippen LogP contribution in [0.5, 0.6) is 0 Å². The van der Waals surface area contributed by atoms with Crippen molar-refractivity contribution in [2.24, 2.45) is 0 Å². The minimum Gasteiger partial charge on any atom is -0.306 e. The standard InChI is InChI=1S/C16H21N3S/c1-16(2,3)13-6-4-12(5-7-13)10-20-15-18-17-11-19(15)14-8-9-14/h4-7,11,14H,8-10H2,1-3H3. The van der Waals surface area contributed by atoms with Gasteiger partial charge in [0.2, 0.25) is 0 Å². The van der Waals surface area contributed by atoms with Crippen LogP contribution in [0.3, 0.4) is 0 Å². The van der Waals surface area contributed by atoms with E-state index in [4.69, 9.17) is 0 Å². The van der Waals surface area contributed by atoms with E-state index in [9.17, 15) is 0 Å². The minimum absolute atomic E-state index is 0.220. The summed E-state index contributed by atoms with van der Waals surface area (Å²) in [4.78, 5) is 0. The highest BCUT2D eigenvalue weighted by molar-refractivity contribution is 7.98. The molecule has 0 saturated heterocycles. The molecule has 1 aromatic heterocycles. The predicted molar refractivity (Wildman–Crippen MR) is 83.0 cm³/mol. The number of thioether (sulfide) groups is 1. The summed E-state index contributed by atoms with van der Waals surface area (Å²) in [6.07, 6.45) is 4.40. The lowest BCUT2D eigenvalue weighted by Crippen LogP contribution is -2.10. The second-order valence-corrected chi connectivity index (χ2v) is 7.43. The first kappa shape index (κ1) is 13.7. The van der Waals surface area contributed by atoms with E-state index in [1.807, 2.05) is 6.33 Å².